The van der Waals surface area contributed by atoms with Gasteiger partial charge >= 0.3 is 10.1 Å². The van der Waals surface area contributed by atoms with Crippen LogP contribution in [0.3, 0.4) is 0 Å². The van der Waals surface area contributed by atoms with Crippen molar-refractivity contribution in [1.82, 2.24) is 4.90 Å². The SMILES string of the molecule is COCCN(Cc1ccc(OC)c(OS(C)(=O)=O)c1)C(=O)CC(C)(C)C. The molecule has 1 rings (SSSR count). The fourth-order valence-electron chi connectivity index (χ4n) is 2.33. The zero-order valence-electron chi connectivity index (χ0n) is 16.4. The van der Waals surface area contributed by atoms with Gasteiger partial charge in [0.25, 0.3) is 0 Å². The van der Waals surface area contributed by atoms with Gasteiger partial charge in [-0.15, -0.1) is 0 Å². The largest absolute Gasteiger partial charge is 0.493 e. The molecule has 0 saturated heterocycles. The zero-order valence-corrected chi connectivity index (χ0v) is 17.2. The summed E-state index contributed by atoms with van der Waals surface area (Å²) in [5, 5.41) is 0. The normalized spacial score (nSPS) is 11.9. The van der Waals surface area contributed by atoms with Gasteiger partial charge in [0.15, 0.2) is 11.5 Å². The van der Waals surface area contributed by atoms with Crippen LogP contribution in [0.2, 0.25) is 0 Å². The molecule has 0 saturated carbocycles. The lowest BCUT2D eigenvalue weighted by Crippen LogP contribution is -2.35. The van der Waals surface area contributed by atoms with Gasteiger partial charge in [-0.3, -0.25) is 4.79 Å². The first kappa shape index (κ1) is 22.2. The van der Waals surface area contributed by atoms with Crippen molar-refractivity contribution in [3.8, 4) is 11.5 Å². The monoisotopic (exact) mass is 387 g/mol. The number of hydrogen-bond acceptors (Lipinski definition) is 6. The number of rotatable bonds is 9. The van der Waals surface area contributed by atoms with Gasteiger partial charge in [-0.05, 0) is 23.1 Å². The maximum atomic E-state index is 12.6. The number of benzene rings is 1. The molecule has 0 aliphatic heterocycles. The van der Waals surface area contributed by atoms with E-state index >= 15 is 0 Å². The van der Waals surface area contributed by atoms with Crippen LogP contribution in [0.1, 0.15) is 32.8 Å². The fourth-order valence-corrected chi connectivity index (χ4v) is 2.78. The molecular formula is C18H29NO6S. The van der Waals surface area contributed by atoms with E-state index in [0.29, 0.717) is 31.9 Å². The van der Waals surface area contributed by atoms with Gasteiger partial charge in [-0.2, -0.15) is 8.42 Å². The third-order valence-electron chi connectivity index (χ3n) is 3.44. The van der Waals surface area contributed by atoms with Crippen LogP contribution >= 0.6 is 0 Å². The molecule has 26 heavy (non-hydrogen) atoms. The van der Waals surface area contributed by atoms with Crippen LogP contribution < -0.4 is 8.92 Å². The van der Waals surface area contributed by atoms with E-state index in [4.69, 9.17) is 13.7 Å². The Morgan fingerprint density at radius 2 is 1.81 bits per heavy atom. The molecule has 0 unspecified atom stereocenters. The lowest BCUT2D eigenvalue weighted by Gasteiger charge is -2.27. The Morgan fingerprint density at radius 3 is 2.31 bits per heavy atom. The average molecular weight is 387 g/mol. The van der Waals surface area contributed by atoms with Crippen molar-refractivity contribution in [2.24, 2.45) is 5.41 Å². The Hall–Kier alpha value is -1.80. The molecule has 0 aliphatic carbocycles. The maximum absolute atomic E-state index is 12.6. The molecule has 0 aliphatic rings. The smallest absolute Gasteiger partial charge is 0.306 e. The number of carbonyl (C=O) groups is 1. The molecule has 0 bridgehead atoms. The maximum Gasteiger partial charge on any atom is 0.306 e. The Labute approximate surface area is 156 Å². The van der Waals surface area contributed by atoms with Crippen LogP contribution in [0, 0.1) is 5.41 Å². The molecule has 0 heterocycles. The Kier molecular flexibility index (Phi) is 7.89. The lowest BCUT2D eigenvalue weighted by atomic mass is 9.91. The van der Waals surface area contributed by atoms with E-state index in [1.54, 1.807) is 30.2 Å². The van der Waals surface area contributed by atoms with Gasteiger partial charge in [0.2, 0.25) is 5.91 Å². The van der Waals surface area contributed by atoms with Crippen molar-refractivity contribution in [2.45, 2.75) is 33.7 Å². The minimum Gasteiger partial charge on any atom is -0.493 e. The zero-order chi connectivity index (χ0) is 20.0. The molecule has 148 valence electrons. The number of nitrogens with zero attached hydrogens (tertiary/aromatic N) is 1. The highest BCUT2D eigenvalue weighted by molar-refractivity contribution is 7.86. The molecule has 0 fully saturated rings. The van der Waals surface area contributed by atoms with Gasteiger partial charge < -0.3 is 18.6 Å². The lowest BCUT2D eigenvalue weighted by molar-refractivity contribution is -0.134. The number of ether oxygens (including phenoxy) is 2. The second-order valence-electron chi connectivity index (χ2n) is 7.32. The standard InChI is InChI=1S/C18H29NO6S/c1-18(2,3)12-17(20)19(9-10-23-4)13-14-7-8-15(24-5)16(11-14)25-26(6,21)22/h7-8,11H,9-10,12-13H2,1-6H3. The molecule has 1 aromatic carbocycles. The van der Waals surface area contributed by atoms with E-state index in [-0.39, 0.29) is 17.1 Å². The molecule has 8 heteroatoms. The molecule has 7 nitrogen and oxygen atoms in total. The quantitative estimate of drug-likeness (QED) is 0.605. The highest BCUT2D eigenvalue weighted by Crippen LogP contribution is 2.30. The fraction of sp³-hybridized carbons (Fsp3) is 0.611. The van der Waals surface area contributed by atoms with E-state index in [1.165, 1.54) is 7.11 Å². The number of methoxy groups -OCH3 is 2. The summed E-state index contributed by atoms with van der Waals surface area (Å²) < 4.78 is 38.1. The molecule has 0 spiro atoms. The van der Waals surface area contributed by atoms with E-state index < -0.39 is 10.1 Å². The summed E-state index contributed by atoms with van der Waals surface area (Å²) in [6, 6.07) is 4.97. The predicted octanol–water partition coefficient (Wildman–Crippen LogP) is 2.44. The third kappa shape index (κ3) is 8.05. The number of carbonyl (C=O) groups excluding carboxylic acids is 1. The van der Waals surface area contributed by atoms with Gasteiger partial charge in [0.05, 0.1) is 20.0 Å². The van der Waals surface area contributed by atoms with Crippen molar-refractivity contribution >= 4 is 16.0 Å². The summed E-state index contributed by atoms with van der Waals surface area (Å²) in [6.07, 6.45) is 1.37. The van der Waals surface area contributed by atoms with Gasteiger partial charge in [0, 0.05) is 26.6 Å². The second-order valence-corrected chi connectivity index (χ2v) is 8.89. The Balaban J connectivity index is 3.06. The van der Waals surface area contributed by atoms with Crippen LogP contribution in [0.15, 0.2) is 18.2 Å². The van der Waals surface area contributed by atoms with Gasteiger partial charge in [-0.1, -0.05) is 26.8 Å². The summed E-state index contributed by atoms with van der Waals surface area (Å²) in [5.41, 5.74) is 0.607. The van der Waals surface area contributed by atoms with E-state index in [9.17, 15) is 13.2 Å². The van der Waals surface area contributed by atoms with Crippen LogP contribution in [-0.4, -0.2) is 52.9 Å². The number of hydrogen-bond donors (Lipinski definition) is 0. The molecule has 1 amide bonds. The molecule has 1 aromatic rings. The first-order valence-electron chi connectivity index (χ1n) is 8.28. The highest BCUT2D eigenvalue weighted by Gasteiger charge is 2.22. The van der Waals surface area contributed by atoms with E-state index in [2.05, 4.69) is 0 Å². The molecule has 0 atom stereocenters. The minimum atomic E-state index is -3.69. The van der Waals surface area contributed by atoms with Crippen LogP contribution in [0.5, 0.6) is 11.5 Å². The second kappa shape index (κ2) is 9.23. The van der Waals surface area contributed by atoms with Crippen molar-refractivity contribution in [1.29, 1.82) is 0 Å². The molecule has 0 aromatic heterocycles. The van der Waals surface area contributed by atoms with Crippen LogP contribution in [-0.2, 0) is 26.2 Å². The van der Waals surface area contributed by atoms with Gasteiger partial charge in [0.1, 0.15) is 0 Å². The van der Waals surface area contributed by atoms with E-state index in [1.807, 2.05) is 20.8 Å². The van der Waals surface area contributed by atoms with Crippen LogP contribution in [0.4, 0.5) is 0 Å². The third-order valence-corrected chi connectivity index (χ3v) is 3.92. The Morgan fingerprint density at radius 1 is 1.15 bits per heavy atom. The van der Waals surface area contributed by atoms with Crippen molar-refractivity contribution < 1.29 is 26.9 Å². The molecule has 0 N–H and O–H groups in total. The van der Waals surface area contributed by atoms with Crippen molar-refractivity contribution in [2.75, 3.05) is 33.6 Å². The summed E-state index contributed by atoms with van der Waals surface area (Å²) in [7, 11) is -0.676. The summed E-state index contributed by atoms with van der Waals surface area (Å²) in [5.74, 6) is 0.419. The summed E-state index contributed by atoms with van der Waals surface area (Å²) in [6.45, 7) is 7.20. The highest BCUT2D eigenvalue weighted by atomic mass is 32.2. The first-order chi connectivity index (χ1) is 11.9. The van der Waals surface area contributed by atoms with Crippen LogP contribution in [0.25, 0.3) is 0 Å². The first-order valence-corrected chi connectivity index (χ1v) is 10.1. The minimum absolute atomic E-state index is 0.0101. The Bertz CT molecular complexity index is 709. The predicted molar refractivity (Wildman–Crippen MR) is 99.8 cm³/mol. The topological polar surface area (TPSA) is 82.1 Å². The van der Waals surface area contributed by atoms with Crippen molar-refractivity contribution in [3.63, 3.8) is 0 Å². The summed E-state index contributed by atoms with van der Waals surface area (Å²) in [4.78, 5) is 14.3. The average Bonchev–Trinajstić information content (AvgIpc) is 2.48. The molecule has 0 radical (unpaired) electrons. The number of amides is 1. The summed E-state index contributed by atoms with van der Waals surface area (Å²) >= 11 is 0. The van der Waals surface area contributed by atoms with Gasteiger partial charge in [-0.25, -0.2) is 0 Å². The van der Waals surface area contributed by atoms with E-state index in [0.717, 1.165) is 11.8 Å². The molecular weight excluding hydrogens is 358 g/mol. The van der Waals surface area contributed by atoms with Crippen molar-refractivity contribution in [3.05, 3.63) is 23.8 Å².